The number of carbonyl (C=O) groups is 1. The van der Waals surface area contributed by atoms with E-state index >= 15 is 0 Å². The van der Waals surface area contributed by atoms with Crippen molar-refractivity contribution in [1.82, 2.24) is 14.9 Å². The van der Waals surface area contributed by atoms with E-state index in [0.29, 0.717) is 24.6 Å². The largest absolute Gasteiger partial charge is 0.444 e. The van der Waals surface area contributed by atoms with Crippen LogP contribution >= 0.6 is 0 Å². The molecule has 1 N–H and O–H groups in total. The maximum absolute atomic E-state index is 14.6. The fourth-order valence-electron chi connectivity index (χ4n) is 3.83. The average molecular weight is 449 g/mol. The summed E-state index contributed by atoms with van der Waals surface area (Å²) < 4.78 is 20.1. The van der Waals surface area contributed by atoms with Crippen LogP contribution in [0.5, 0.6) is 0 Å². The molecule has 1 fully saturated rings. The molecule has 1 aliphatic rings. The van der Waals surface area contributed by atoms with Crippen LogP contribution in [0, 0.1) is 5.82 Å². The number of rotatable bonds is 4. The molecule has 7 heteroatoms. The van der Waals surface area contributed by atoms with Crippen molar-refractivity contribution >= 4 is 12.0 Å². The molecule has 1 amide bonds. The molecule has 2 heterocycles. The van der Waals surface area contributed by atoms with Crippen LogP contribution in [0.4, 0.5) is 15.1 Å². The van der Waals surface area contributed by atoms with Gasteiger partial charge in [0.1, 0.15) is 11.3 Å². The SMILES string of the molecule is CC(C)(C)OC(=O)N1CCC(Nc2ncc(F)c(-c3cccc(-c4ccccc4)c3)n2)CC1. The Labute approximate surface area is 193 Å². The van der Waals surface area contributed by atoms with E-state index in [9.17, 15) is 9.18 Å². The Morgan fingerprint density at radius 3 is 2.39 bits per heavy atom. The molecular formula is C26H29FN4O2. The van der Waals surface area contributed by atoms with Gasteiger partial charge in [-0.25, -0.2) is 19.2 Å². The number of benzene rings is 2. The summed E-state index contributed by atoms with van der Waals surface area (Å²) in [4.78, 5) is 22.6. The molecule has 0 unspecified atom stereocenters. The Morgan fingerprint density at radius 2 is 1.70 bits per heavy atom. The van der Waals surface area contributed by atoms with Gasteiger partial charge in [0.15, 0.2) is 5.82 Å². The maximum Gasteiger partial charge on any atom is 0.410 e. The first kappa shape index (κ1) is 22.7. The van der Waals surface area contributed by atoms with Crippen molar-refractivity contribution in [2.45, 2.75) is 45.3 Å². The Kier molecular flexibility index (Phi) is 6.58. The summed E-state index contributed by atoms with van der Waals surface area (Å²) in [6.07, 6.45) is 2.38. The third-order valence-electron chi connectivity index (χ3n) is 5.47. The van der Waals surface area contributed by atoms with E-state index in [0.717, 1.165) is 24.0 Å². The van der Waals surface area contributed by atoms with E-state index in [4.69, 9.17) is 4.74 Å². The van der Waals surface area contributed by atoms with Crippen molar-refractivity contribution in [2.75, 3.05) is 18.4 Å². The van der Waals surface area contributed by atoms with Gasteiger partial charge in [-0.15, -0.1) is 0 Å². The zero-order chi connectivity index (χ0) is 23.4. The molecule has 1 aliphatic heterocycles. The average Bonchev–Trinajstić information content (AvgIpc) is 2.80. The molecule has 172 valence electrons. The molecular weight excluding hydrogens is 419 g/mol. The number of hydrogen-bond acceptors (Lipinski definition) is 5. The van der Waals surface area contributed by atoms with Crippen LogP contribution in [0.2, 0.25) is 0 Å². The molecule has 6 nitrogen and oxygen atoms in total. The summed E-state index contributed by atoms with van der Waals surface area (Å²) in [5.41, 5.74) is 2.50. The lowest BCUT2D eigenvalue weighted by Gasteiger charge is -2.33. The van der Waals surface area contributed by atoms with Crippen molar-refractivity contribution in [3.8, 4) is 22.4 Å². The van der Waals surface area contributed by atoms with Gasteiger partial charge in [-0.2, -0.15) is 0 Å². The third-order valence-corrected chi connectivity index (χ3v) is 5.47. The molecule has 1 saturated heterocycles. The van der Waals surface area contributed by atoms with E-state index in [1.54, 1.807) is 4.90 Å². The number of piperidine rings is 1. The van der Waals surface area contributed by atoms with E-state index in [-0.39, 0.29) is 17.8 Å². The number of nitrogens with one attached hydrogen (secondary N) is 1. The van der Waals surface area contributed by atoms with Crippen LogP contribution in [0.25, 0.3) is 22.4 Å². The minimum atomic E-state index is -0.512. The maximum atomic E-state index is 14.6. The number of amides is 1. The highest BCUT2D eigenvalue weighted by Gasteiger charge is 2.27. The molecule has 0 spiro atoms. The van der Waals surface area contributed by atoms with Crippen LogP contribution in [-0.2, 0) is 4.74 Å². The molecule has 0 radical (unpaired) electrons. The predicted octanol–water partition coefficient (Wildman–Crippen LogP) is 5.76. The number of ether oxygens (including phenoxy) is 1. The molecule has 33 heavy (non-hydrogen) atoms. The molecule has 0 bridgehead atoms. The van der Waals surface area contributed by atoms with Gasteiger partial charge in [-0.3, -0.25) is 0 Å². The molecule has 0 saturated carbocycles. The van der Waals surface area contributed by atoms with Gasteiger partial charge in [0.05, 0.1) is 6.20 Å². The number of halogens is 1. The highest BCUT2D eigenvalue weighted by molar-refractivity contribution is 5.72. The standard InChI is InChI=1S/C26H29FN4O2/c1-26(2,3)33-25(32)31-14-12-21(13-15-31)29-24-28-17-22(27)23(30-24)20-11-7-10-19(16-20)18-8-5-4-6-9-18/h4-11,16-17,21H,12-15H2,1-3H3,(H,28,29,30). The van der Waals surface area contributed by atoms with Gasteiger partial charge in [-0.1, -0.05) is 48.5 Å². The Morgan fingerprint density at radius 1 is 1.03 bits per heavy atom. The lowest BCUT2D eigenvalue weighted by Crippen LogP contribution is -2.44. The highest BCUT2D eigenvalue weighted by Crippen LogP contribution is 2.27. The van der Waals surface area contributed by atoms with Crippen molar-refractivity contribution in [3.05, 3.63) is 66.6 Å². The fraction of sp³-hybridized carbons (Fsp3) is 0.346. The number of likely N-dealkylation sites (tertiary alicyclic amines) is 1. The van der Waals surface area contributed by atoms with Gasteiger partial charge in [0.25, 0.3) is 0 Å². The topological polar surface area (TPSA) is 67.3 Å². The molecule has 1 aromatic heterocycles. The summed E-state index contributed by atoms with van der Waals surface area (Å²) in [7, 11) is 0. The number of aromatic nitrogens is 2. The van der Waals surface area contributed by atoms with Gasteiger partial charge in [0, 0.05) is 24.7 Å². The molecule has 0 atom stereocenters. The van der Waals surface area contributed by atoms with E-state index < -0.39 is 11.4 Å². The zero-order valence-corrected chi connectivity index (χ0v) is 19.2. The van der Waals surface area contributed by atoms with Crippen molar-refractivity contribution in [1.29, 1.82) is 0 Å². The quantitative estimate of drug-likeness (QED) is 0.550. The van der Waals surface area contributed by atoms with Gasteiger partial charge in [-0.05, 0) is 50.8 Å². The summed E-state index contributed by atoms with van der Waals surface area (Å²) in [6.45, 7) is 6.74. The second-order valence-corrected chi connectivity index (χ2v) is 9.22. The minimum Gasteiger partial charge on any atom is -0.444 e. The summed E-state index contributed by atoms with van der Waals surface area (Å²) in [6, 6.07) is 17.7. The predicted molar refractivity (Wildman–Crippen MR) is 127 cm³/mol. The van der Waals surface area contributed by atoms with Crippen molar-refractivity contribution < 1.29 is 13.9 Å². The van der Waals surface area contributed by atoms with Crippen LogP contribution in [-0.4, -0.2) is 45.7 Å². The smallest absolute Gasteiger partial charge is 0.410 e. The summed E-state index contributed by atoms with van der Waals surface area (Å²) in [5, 5.41) is 3.30. The zero-order valence-electron chi connectivity index (χ0n) is 19.2. The monoisotopic (exact) mass is 448 g/mol. The van der Waals surface area contributed by atoms with Crippen LogP contribution in [0.1, 0.15) is 33.6 Å². The van der Waals surface area contributed by atoms with Crippen LogP contribution in [0.3, 0.4) is 0 Å². The third kappa shape index (κ3) is 5.86. The first-order valence-corrected chi connectivity index (χ1v) is 11.2. The van der Waals surface area contributed by atoms with Crippen LogP contribution in [0.15, 0.2) is 60.8 Å². The summed E-state index contributed by atoms with van der Waals surface area (Å²) in [5.74, 6) is -0.0854. The lowest BCUT2D eigenvalue weighted by molar-refractivity contribution is 0.0210. The van der Waals surface area contributed by atoms with Gasteiger partial charge >= 0.3 is 6.09 Å². The molecule has 0 aliphatic carbocycles. The van der Waals surface area contributed by atoms with Gasteiger partial charge < -0.3 is 15.0 Å². The number of nitrogens with zero attached hydrogens (tertiary/aromatic N) is 3. The first-order valence-electron chi connectivity index (χ1n) is 11.2. The Bertz CT molecular complexity index is 1110. The lowest BCUT2D eigenvalue weighted by atomic mass is 10.0. The molecule has 2 aromatic carbocycles. The Balaban J connectivity index is 1.44. The van der Waals surface area contributed by atoms with E-state index in [2.05, 4.69) is 15.3 Å². The Hall–Kier alpha value is -3.48. The second-order valence-electron chi connectivity index (χ2n) is 9.22. The van der Waals surface area contributed by atoms with Crippen molar-refractivity contribution in [3.63, 3.8) is 0 Å². The van der Waals surface area contributed by atoms with Crippen LogP contribution < -0.4 is 5.32 Å². The van der Waals surface area contributed by atoms with E-state index in [1.807, 2.05) is 75.4 Å². The van der Waals surface area contributed by atoms with Crippen molar-refractivity contribution in [2.24, 2.45) is 0 Å². The molecule has 3 aromatic rings. The number of hydrogen-bond donors (Lipinski definition) is 1. The second kappa shape index (κ2) is 9.57. The van der Waals surface area contributed by atoms with Gasteiger partial charge in [0.2, 0.25) is 5.95 Å². The molecule has 4 rings (SSSR count). The first-order chi connectivity index (χ1) is 15.8. The number of anilines is 1. The summed E-state index contributed by atoms with van der Waals surface area (Å²) >= 11 is 0. The normalized spacial score (nSPS) is 14.7. The highest BCUT2D eigenvalue weighted by atomic mass is 19.1. The fourth-order valence-corrected chi connectivity index (χ4v) is 3.83. The minimum absolute atomic E-state index is 0.0950. The van der Waals surface area contributed by atoms with E-state index in [1.165, 1.54) is 6.20 Å². The number of carbonyl (C=O) groups excluding carboxylic acids is 1.